The molecule has 0 heterocycles. The highest BCUT2D eigenvalue weighted by Crippen LogP contribution is 2.43. The van der Waals surface area contributed by atoms with E-state index < -0.39 is 63.8 Å². The molecule has 50 heavy (non-hydrogen) atoms. The Morgan fingerprint density at radius 2 is 1.26 bits per heavy atom. The van der Waals surface area contributed by atoms with Crippen LogP contribution in [0, 0.1) is 0 Å². The molecule has 0 bridgehead atoms. The molecular weight excluding hydrogens is 669 g/mol. The van der Waals surface area contributed by atoms with Crippen molar-refractivity contribution in [1.82, 2.24) is 0 Å². The van der Waals surface area contributed by atoms with Crippen LogP contribution in [0.2, 0.25) is 0 Å². The number of carboxylic acids is 1. The fraction of sp³-hybridized carbons (Fsp3) is 0.778. The predicted molar refractivity (Wildman–Crippen MR) is 191 cm³/mol. The predicted octanol–water partition coefficient (Wildman–Crippen LogP) is 6.87. The molecule has 0 rings (SSSR count). The van der Waals surface area contributed by atoms with Gasteiger partial charge in [-0.15, -0.1) is 0 Å². The third-order valence-electron chi connectivity index (χ3n) is 7.82. The smallest absolute Gasteiger partial charge is 0.472 e. The summed E-state index contributed by atoms with van der Waals surface area (Å²) >= 11 is 0. The van der Waals surface area contributed by atoms with Gasteiger partial charge >= 0.3 is 25.7 Å². The second-order valence-corrected chi connectivity index (χ2v) is 14.0. The Labute approximate surface area is 299 Å². The minimum absolute atomic E-state index is 0.0603. The van der Waals surface area contributed by atoms with E-state index in [-0.39, 0.29) is 12.8 Å². The maximum Gasteiger partial charge on any atom is 0.472 e. The summed E-state index contributed by atoms with van der Waals surface area (Å²) in [4.78, 5) is 55.9. The largest absolute Gasteiger partial charge is 0.480 e. The summed E-state index contributed by atoms with van der Waals surface area (Å²) in [6.45, 7) is 0.409. The number of hydrogen-bond donors (Lipinski definition) is 4. The molecule has 0 aromatic carbocycles. The monoisotopic (exact) mass is 733 g/mol. The standard InChI is InChI=1S/C36H64NO12P/c1-2-3-4-5-6-7-8-9-10-11-12-13-14-17-20-25-34(40)46-28-32(29-47-50(44,45)48-30-33(37)36(42)43)49-35(41)26-21-18-15-16-19-23-31(39)24-22-27-38/h9-10,22,24,27,31-33,39H,2-8,11-21,23,25-26,28-30,37H2,1H3,(H,42,43)(H,44,45)/b10-9-,24-22+/t31?,32-,33+/m1/s1. The van der Waals surface area contributed by atoms with Crippen molar-refractivity contribution in [3.8, 4) is 0 Å². The summed E-state index contributed by atoms with van der Waals surface area (Å²) in [6.07, 6.45) is 25.2. The van der Waals surface area contributed by atoms with Gasteiger partial charge in [-0.1, -0.05) is 102 Å². The highest BCUT2D eigenvalue weighted by atomic mass is 31.2. The minimum Gasteiger partial charge on any atom is -0.480 e. The van der Waals surface area contributed by atoms with Crippen LogP contribution >= 0.6 is 7.82 Å². The Bertz CT molecular complexity index is 1010. The maximum atomic E-state index is 12.5. The topological polar surface area (TPSA) is 209 Å². The van der Waals surface area contributed by atoms with Crippen LogP contribution in [0.25, 0.3) is 0 Å². The lowest BCUT2D eigenvalue weighted by molar-refractivity contribution is -0.161. The number of allylic oxidation sites excluding steroid dienone is 3. The zero-order chi connectivity index (χ0) is 37.3. The molecule has 0 aliphatic rings. The lowest BCUT2D eigenvalue weighted by Crippen LogP contribution is -2.34. The number of phosphoric acid groups is 1. The molecule has 0 saturated carbocycles. The van der Waals surface area contributed by atoms with Crippen molar-refractivity contribution in [3.63, 3.8) is 0 Å². The normalized spacial score (nSPS) is 14.7. The van der Waals surface area contributed by atoms with Crippen LogP contribution < -0.4 is 5.73 Å². The second kappa shape index (κ2) is 32.5. The van der Waals surface area contributed by atoms with Gasteiger partial charge in [-0.3, -0.25) is 28.2 Å². The van der Waals surface area contributed by atoms with Crippen LogP contribution in [0.15, 0.2) is 24.3 Å². The van der Waals surface area contributed by atoms with Gasteiger partial charge < -0.3 is 30.3 Å². The van der Waals surface area contributed by atoms with Crippen LogP contribution in [-0.2, 0) is 42.3 Å². The Hall–Kier alpha value is -2.41. The van der Waals surface area contributed by atoms with E-state index in [0.717, 1.165) is 64.2 Å². The molecule has 0 radical (unpaired) electrons. The van der Waals surface area contributed by atoms with Crippen molar-refractivity contribution in [3.05, 3.63) is 24.3 Å². The number of aldehydes is 1. The number of aliphatic carboxylic acids is 1. The number of carbonyl (C=O) groups is 4. The van der Waals surface area contributed by atoms with Gasteiger partial charge in [-0.25, -0.2) is 4.57 Å². The van der Waals surface area contributed by atoms with E-state index in [4.69, 9.17) is 24.8 Å². The summed E-state index contributed by atoms with van der Waals surface area (Å²) in [5.74, 6) is -2.53. The average Bonchev–Trinajstić information content (AvgIpc) is 3.08. The molecule has 0 amide bonds. The first-order valence-electron chi connectivity index (χ1n) is 18.4. The summed E-state index contributed by atoms with van der Waals surface area (Å²) < 4.78 is 32.3. The number of hydrogen-bond acceptors (Lipinski definition) is 11. The van der Waals surface area contributed by atoms with E-state index in [1.165, 1.54) is 50.7 Å². The Balaban J connectivity index is 4.47. The first kappa shape index (κ1) is 47.6. The number of rotatable bonds is 35. The van der Waals surface area contributed by atoms with Crippen molar-refractivity contribution in [2.24, 2.45) is 5.73 Å². The van der Waals surface area contributed by atoms with Crippen molar-refractivity contribution in [2.75, 3.05) is 19.8 Å². The molecule has 14 heteroatoms. The molecule has 0 fully saturated rings. The molecule has 0 spiro atoms. The highest BCUT2D eigenvalue weighted by molar-refractivity contribution is 7.47. The van der Waals surface area contributed by atoms with Crippen molar-refractivity contribution in [2.45, 2.75) is 160 Å². The van der Waals surface area contributed by atoms with Crippen molar-refractivity contribution in [1.29, 1.82) is 0 Å². The van der Waals surface area contributed by atoms with E-state index in [1.54, 1.807) is 0 Å². The Kier molecular flexibility index (Phi) is 30.9. The highest BCUT2D eigenvalue weighted by Gasteiger charge is 2.28. The van der Waals surface area contributed by atoms with Crippen LogP contribution in [0.1, 0.15) is 142 Å². The van der Waals surface area contributed by atoms with E-state index in [1.807, 2.05) is 0 Å². The van der Waals surface area contributed by atoms with E-state index in [9.17, 15) is 33.7 Å². The molecule has 0 aliphatic carbocycles. The van der Waals surface area contributed by atoms with E-state index in [2.05, 4.69) is 23.6 Å². The maximum absolute atomic E-state index is 12.5. The van der Waals surface area contributed by atoms with Gasteiger partial charge in [0.05, 0.1) is 19.3 Å². The van der Waals surface area contributed by atoms with Crippen LogP contribution in [0.4, 0.5) is 0 Å². The number of esters is 2. The minimum atomic E-state index is -4.75. The van der Waals surface area contributed by atoms with Gasteiger partial charge in [0.1, 0.15) is 18.9 Å². The summed E-state index contributed by atoms with van der Waals surface area (Å²) in [6, 6.07) is -1.55. The molecule has 0 aromatic rings. The van der Waals surface area contributed by atoms with Gasteiger partial charge in [0.2, 0.25) is 0 Å². The molecule has 0 aromatic heterocycles. The van der Waals surface area contributed by atoms with E-state index in [0.29, 0.717) is 25.5 Å². The SMILES string of the molecule is CCCCCCCC/C=C\CCCCCCCC(=O)OC[C@H](COP(=O)(O)OC[C@H](N)C(=O)O)OC(=O)CCCCCCCC(O)/C=C/C=O. The van der Waals surface area contributed by atoms with Crippen molar-refractivity contribution >= 4 is 32.0 Å². The lowest BCUT2D eigenvalue weighted by atomic mass is 10.1. The molecule has 4 atom stereocenters. The summed E-state index contributed by atoms with van der Waals surface area (Å²) in [7, 11) is -4.75. The fourth-order valence-electron chi connectivity index (χ4n) is 4.84. The number of aliphatic hydroxyl groups is 1. The number of phosphoric ester groups is 1. The summed E-state index contributed by atoms with van der Waals surface area (Å²) in [5.41, 5.74) is 5.29. The summed E-state index contributed by atoms with van der Waals surface area (Å²) in [5, 5.41) is 18.5. The van der Waals surface area contributed by atoms with E-state index >= 15 is 0 Å². The Morgan fingerprint density at radius 1 is 0.740 bits per heavy atom. The molecule has 290 valence electrons. The molecule has 0 aliphatic heterocycles. The van der Waals surface area contributed by atoms with Gasteiger partial charge in [0.25, 0.3) is 0 Å². The average molecular weight is 734 g/mol. The number of unbranched alkanes of at least 4 members (excludes halogenated alkanes) is 15. The zero-order valence-corrected chi connectivity index (χ0v) is 31.0. The zero-order valence-electron chi connectivity index (χ0n) is 30.1. The lowest BCUT2D eigenvalue weighted by Gasteiger charge is -2.20. The number of aliphatic hydroxyl groups excluding tert-OH is 1. The van der Waals surface area contributed by atoms with Crippen molar-refractivity contribution < 1.29 is 57.4 Å². The number of nitrogens with two attached hydrogens (primary N) is 1. The quantitative estimate of drug-likeness (QED) is 0.0131. The second-order valence-electron chi connectivity index (χ2n) is 12.5. The first-order chi connectivity index (χ1) is 24.0. The van der Waals surface area contributed by atoms with Crippen LogP contribution in [0.3, 0.4) is 0 Å². The van der Waals surface area contributed by atoms with Crippen LogP contribution in [0.5, 0.6) is 0 Å². The van der Waals surface area contributed by atoms with Gasteiger partial charge in [-0.2, -0.15) is 0 Å². The molecular formula is C36H64NO12P. The third kappa shape index (κ3) is 31.6. The third-order valence-corrected chi connectivity index (χ3v) is 8.77. The van der Waals surface area contributed by atoms with Gasteiger partial charge in [0, 0.05) is 12.8 Å². The number of carboxylic acid groups (broad SMARTS) is 1. The Morgan fingerprint density at radius 3 is 1.84 bits per heavy atom. The van der Waals surface area contributed by atoms with Crippen LogP contribution in [-0.4, -0.2) is 77.4 Å². The number of ether oxygens (including phenoxy) is 2. The first-order valence-corrected chi connectivity index (χ1v) is 19.9. The fourth-order valence-corrected chi connectivity index (χ4v) is 5.62. The molecule has 2 unspecified atom stereocenters. The van der Waals surface area contributed by atoms with Gasteiger partial charge in [-0.05, 0) is 51.0 Å². The molecule has 5 N–H and O–H groups in total. The van der Waals surface area contributed by atoms with Gasteiger partial charge in [0.15, 0.2) is 6.10 Å². The number of carbonyl (C=O) groups excluding carboxylic acids is 3. The molecule has 0 saturated heterocycles. The molecule has 13 nitrogen and oxygen atoms in total.